The summed E-state index contributed by atoms with van der Waals surface area (Å²) in [6.45, 7) is 2.77. The Labute approximate surface area is 233 Å². The van der Waals surface area contributed by atoms with Gasteiger partial charge >= 0.3 is 0 Å². The van der Waals surface area contributed by atoms with Crippen molar-refractivity contribution >= 4 is 66.9 Å². The maximum Gasteiger partial charge on any atom is 0.261 e. The number of carbonyl (C=O) groups is 3. The second-order valence-electron chi connectivity index (χ2n) is 9.25. The molecule has 2 fully saturated rings. The highest BCUT2D eigenvalue weighted by molar-refractivity contribution is 9.10. The van der Waals surface area contributed by atoms with Crippen molar-refractivity contribution in [3.05, 3.63) is 62.5 Å². The summed E-state index contributed by atoms with van der Waals surface area (Å²) in [4.78, 5) is 42.6. The van der Waals surface area contributed by atoms with Gasteiger partial charge in [-0.15, -0.1) is 0 Å². The summed E-state index contributed by atoms with van der Waals surface area (Å²) >= 11 is 15.6. The van der Waals surface area contributed by atoms with E-state index in [4.69, 9.17) is 28.9 Å². The Morgan fingerprint density at radius 3 is 2.38 bits per heavy atom. The van der Waals surface area contributed by atoms with Crippen molar-refractivity contribution in [1.82, 2.24) is 14.1 Å². The van der Waals surface area contributed by atoms with Gasteiger partial charge in [-0.05, 0) is 49.7 Å². The SMILES string of the molecule is CC(C)N1CC2(C(N)=O)N(C(=O)CCN2S(=O)(=O)c2ccc(Cl)cc2Cl)C(Cc2ccc(Br)cc2)C1=O. The van der Waals surface area contributed by atoms with Gasteiger partial charge in [-0.2, -0.15) is 4.31 Å². The minimum absolute atomic E-state index is 0.0612. The molecule has 9 nitrogen and oxygen atoms in total. The van der Waals surface area contributed by atoms with Crippen molar-refractivity contribution in [2.75, 3.05) is 13.1 Å². The molecular formula is C24H25BrCl2N4O5S. The number of rotatable bonds is 6. The van der Waals surface area contributed by atoms with E-state index in [1.807, 2.05) is 0 Å². The number of primary amides is 1. The Balaban J connectivity index is 1.92. The van der Waals surface area contributed by atoms with Gasteiger partial charge in [0.25, 0.3) is 5.91 Å². The van der Waals surface area contributed by atoms with Crippen LogP contribution in [-0.2, 0) is 30.8 Å². The Morgan fingerprint density at radius 2 is 1.81 bits per heavy atom. The zero-order chi connectivity index (χ0) is 27.3. The summed E-state index contributed by atoms with van der Waals surface area (Å²) in [5.41, 5.74) is 4.51. The molecule has 13 heteroatoms. The molecule has 2 atom stereocenters. The molecule has 0 saturated carbocycles. The van der Waals surface area contributed by atoms with Crippen LogP contribution in [0.3, 0.4) is 0 Å². The summed E-state index contributed by atoms with van der Waals surface area (Å²) in [7, 11) is -4.47. The zero-order valence-corrected chi connectivity index (χ0v) is 23.9. The summed E-state index contributed by atoms with van der Waals surface area (Å²) in [6, 6.07) is 9.48. The van der Waals surface area contributed by atoms with Crippen molar-refractivity contribution in [2.24, 2.45) is 5.73 Å². The highest BCUT2D eigenvalue weighted by Gasteiger charge is 2.64. The largest absolute Gasteiger partial charge is 0.366 e. The fraction of sp³-hybridized carbons (Fsp3) is 0.375. The van der Waals surface area contributed by atoms with Gasteiger partial charge in [-0.3, -0.25) is 14.4 Å². The van der Waals surface area contributed by atoms with Crippen LogP contribution in [0.25, 0.3) is 0 Å². The van der Waals surface area contributed by atoms with Crippen LogP contribution in [0.1, 0.15) is 25.8 Å². The van der Waals surface area contributed by atoms with E-state index in [2.05, 4.69) is 15.9 Å². The molecule has 2 aromatic carbocycles. The quantitative estimate of drug-likeness (QED) is 0.525. The first-order valence-electron chi connectivity index (χ1n) is 11.5. The maximum absolute atomic E-state index is 14.0. The molecule has 0 aromatic heterocycles. The Hall–Kier alpha value is -2.18. The lowest BCUT2D eigenvalue weighted by Gasteiger charge is -2.58. The van der Waals surface area contributed by atoms with Gasteiger partial charge in [-0.1, -0.05) is 51.3 Å². The number of amides is 3. The van der Waals surface area contributed by atoms with Crippen LogP contribution in [0.2, 0.25) is 10.0 Å². The first-order chi connectivity index (χ1) is 17.3. The van der Waals surface area contributed by atoms with Gasteiger partial charge in [0.05, 0.1) is 11.6 Å². The van der Waals surface area contributed by atoms with E-state index >= 15 is 0 Å². The minimum atomic E-state index is -4.47. The van der Waals surface area contributed by atoms with E-state index in [9.17, 15) is 22.8 Å². The molecule has 0 radical (unpaired) electrons. The lowest BCUT2D eigenvalue weighted by Crippen LogP contribution is -2.83. The molecule has 0 spiro atoms. The topological polar surface area (TPSA) is 121 Å². The number of carbonyl (C=O) groups excluding carboxylic acids is 3. The maximum atomic E-state index is 14.0. The first-order valence-corrected chi connectivity index (χ1v) is 14.4. The van der Waals surface area contributed by atoms with Crippen LogP contribution >= 0.6 is 39.1 Å². The van der Waals surface area contributed by atoms with Crippen LogP contribution in [-0.4, -0.2) is 71.1 Å². The van der Waals surface area contributed by atoms with E-state index in [0.717, 1.165) is 19.2 Å². The Kier molecular flexibility index (Phi) is 7.66. The van der Waals surface area contributed by atoms with E-state index in [1.165, 1.54) is 23.1 Å². The summed E-state index contributed by atoms with van der Waals surface area (Å²) in [5, 5.41) is 0.0856. The Morgan fingerprint density at radius 1 is 1.16 bits per heavy atom. The number of nitrogens with zero attached hydrogens (tertiary/aromatic N) is 3. The number of fused-ring (bicyclic) bond motifs is 1. The molecule has 2 heterocycles. The molecule has 37 heavy (non-hydrogen) atoms. The molecule has 4 rings (SSSR count). The number of sulfonamides is 1. The zero-order valence-electron chi connectivity index (χ0n) is 20.0. The van der Waals surface area contributed by atoms with Crippen LogP contribution in [0, 0.1) is 0 Å². The van der Waals surface area contributed by atoms with Gasteiger partial charge in [0, 0.05) is 34.9 Å². The van der Waals surface area contributed by atoms with E-state index in [0.29, 0.717) is 0 Å². The average Bonchev–Trinajstić information content (AvgIpc) is 2.81. The first kappa shape index (κ1) is 27.8. The molecule has 2 N–H and O–H groups in total. The summed E-state index contributed by atoms with van der Waals surface area (Å²) < 4.78 is 29.7. The highest BCUT2D eigenvalue weighted by Crippen LogP contribution is 2.41. The molecule has 2 aromatic rings. The normalized spacial score (nSPS) is 22.9. The third-order valence-corrected chi connectivity index (χ3v) is 9.87. The van der Waals surface area contributed by atoms with Gasteiger partial charge in [0.15, 0.2) is 0 Å². The lowest BCUT2D eigenvalue weighted by atomic mass is 9.90. The number of hydrogen-bond acceptors (Lipinski definition) is 5. The van der Waals surface area contributed by atoms with Gasteiger partial charge in [-0.25, -0.2) is 8.42 Å². The van der Waals surface area contributed by atoms with E-state index in [1.54, 1.807) is 38.1 Å². The van der Waals surface area contributed by atoms with Crippen LogP contribution < -0.4 is 5.73 Å². The number of nitrogens with two attached hydrogens (primary N) is 1. The van der Waals surface area contributed by atoms with E-state index in [-0.39, 0.29) is 34.3 Å². The molecule has 2 unspecified atom stereocenters. The monoisotopic (exact) mass is 630 g/mol. The average molecular weight is 632 g/mol. The number of halogens is 3. The van der Waals surface area contributed by atoms with Crippen LogP contribution in [0.5, 0.6) is 0 Å². The van der Waals surface area contributed by atoms with Gasteiger partial charge < -0.3 is 15.5 Å². The second-order valence-corrected chi connectivity index (χ2v) is 12.8. The third kappa shape index (κ3) is 4.76. The smallest absolute Gasteiger partial charge is 0.261 e. The lowest BCUT2D eigenvalue weighted by molar-refractivity contribution is -0.186. The molecule has 3 amide bonds. The molecule has 2 saturated heterocycles. The molecule has 0 aliphatic carbocycles. The third-order valence-electron chi connectivity index (χ3n) is 6.70. The van der Waals surface area contributed by atoms with Crippen molar-refractivity contribution in [3.63, 3.8) is 0 Å². The van der Waals surface area contributed by atoms with Crippen molar-refractivity contribution in [1.29, 1.82) is 0 Å². The number of hydrogen-bond donors (Lipinski definition) is 1. The second kappa shape index (κ2) is 10.2. The molecule has 2 aliphatic heterocycles. The van der Waals surface area contributed by atoms with Gasteiger partial charge in [0.2, 0.25) is 27.5 Å². The Bertz CT molecular complexity index is 1370. The number of benzene rings is 2. The van der Waals surface area contributed by atoms with Crippen molar-refractivity contribution in [3.8, 4) is 0 Å². The van der Waals surface area contributed by atoms with Crippen LogP contribution in [0.15, 0.2) is 51.8 Å². The minimum Gasteiger partial charge on any atom is -0.366 e. The van der Waals surface area contributed by atoms with Crippen molar-refractivity contribution in [2.45, 2.75) is 49.3 Å². The summed E-state index contributed by atoms with van der Waals surface area (Å²) in [6.07, 6.45) is -0.184. The van der Waals surface area contributed by atoms with Crippen molar-refractivity contribution < 1.29 is 22.8 Å². The number of piperazine rings is 1. The fourth-order valence-corrected chi connectivity index (χ4v) is 7.65. The predicted molar refractivity (Wildman–Crippen MR) is 142 cm³/mol. The summed E-state index contributed by atoms with van der Waals surface area (Å²) in [5.74, 6) is -1.99. The standard InChI is InChI=1S/C24H25BrCl2N4O5S/c1-14(2)29-13-24(23(28)34)30(37(35,36)20-8-7-17(26)12-18(20)27)10-9-21(32)31(24)19(22(29)33)11-15-3-5-16(25)6-4-15/h3-8,12,14,19H,9-11,13H2,1-2H3,(H2,28,34). The fourth-order valence-electron chi connectivity index (χ4n) is 4.93. The highest BCUT2D eigenvalue weighted by atomic mass is 79.9. The molecule has 2 aliphatic rings. The van der Waals surface area contributed by atoms with E-state index < -0.39 is 52.0 Å². The van der Waals surface area contributed by atoms with Crippen LogP contribution in [0.4, 0.5) is 0 Å². The molecule has 198 valence electrons. The van der Waals surface area contributed by atoms with Gasteiger partial charge in [0.1, 0.15) is 10.9 Å². The molecular weight excluding hydrogens is 607 g/mol. The molecule has 0 bridgehead atoms. The predicted octanol–water partition coefficient (Wildman–Crippen LogP) is 3.02.